The van der Waals surface area contributed by atoms with Gasteiger partial charge in [0.25, 0.3) is 11.6 Å². The van der Waals surface area contributed by atoms with Crippen LogP contribution in [0.3, 0.4) is 0 Å². The molecule has 2 atom stereocenters. The lowest BCUT2D eigenvalue weighted by atomic mass is 9.86. The van der Waals surface area contributed by atoms with E-state index in [0.717, 1.165) is 25.1 Å². The molecule has 1 aromatic rings. The third-order valence-electron chi connectivity index (χ3n) is 6.99. The van der Waals surface area contributed by atoms with Gasteiger partial charge in [0.1, 0.15) is 5.69 Å². The van der Waals surface area contributed by atoms with Gasteiger partial charge in [-0.25, -0.2) is 8.60 Å². The summed E-state index contributed by atoms with van der Waals surface area (Å²) in [4.78, 5) is 26.0. The fraction of sp³-hybridized carbons (Fsp3) is 0.720. The number of alkyl halides is 1. The number of carbonyl (C=O) groups excluding carboxylic acids is 1. The number of carbonyl (C=O) groups is 1. The fourth-order valence-corrected chi connectivity index (χ4v) is 7.09. The molecular weight excluding hydrogens is 503 g/mol. The van der Waals surface area contributed by atoms with Gasteiger partial charge in [0.2, 0.25) is 0 Å². The first-order valence-electron chi connectivity index (χ1n) is 12.9. The molecule has 2 N–H and O–H groups in total. The highest BCUT2D eigenvalue weighted by Crippen LogP contribution is 2.34. The van der Waals surface area contributed by atoms with Crippen LogP contribution in [-0.4, -0.2) is 63.3 Å². The van der Waals surface area contributed by atoms with E-state index < -0.39 is 27.5 Å². The van der Waals surface area contributed by atoms with Crippen molar-refractivity contribution in [2.45, 2.75) is 92.5 Å². The zero-order chi connectivity index (χ0) is 26.1. The average Bonchev–Trinajstić information content (AvgIpc) is 2.86. The molecule has 202 valence electrons. The first-order valence-corrected chi connectivity index (χ1v) is 15.1. The summed E-state index contributed by atoms with van der Waals surface area (Å²) in [5.41, 5.74) is -1.88. The molecule has 0 aromatic heterocycles. The Hall–Kier alpha value is -1.72. The van der Waals surface area contributed by atoms with Crippen LogP contribution in [0.25, 0.3) is 0 Å². The molecule has 0 saturated heterocycles. The van der Waals surface area contributed by atoms with Crippen molar-refractivity contribution in [3.05, 3.63) is 28.3 Å². The highest BCUT2D eigenvalue weighted by Gasteiger charge is 2.40. The van der Waals surface area contributed by atoms with Gasteiger partial charge in [-0.2, -0.15) is 11.8 Å². The summed E-state index contributed by atoms with van der Waals surface area (Å²) in [6.45, 7) is 0.843. The van der Waals surface area contributed by atoms with E-state index in [1.54, 1.807) is 0 Å². The molecule has 0 aliphatic heterocycles. The SMILES string of the molecule is CN(C)CC[C@H](CSC1CCCCC1)Nc1ccc(S(=O)NC(=O)C2(F)CCCCC2)cc1[N+](=O)[O-]. The Labute approximate surface area is 220 Å². The second-order valence-corrected chi connectivity index (χ2v) is 12.7. The van der Waals surface area contributed by atoms with Gasteiger partial charge in [-0.05, 0) is 77.7 Å². The summed E-state index contributed by atoms with van der Waals surface area (Å²) in [6.07, 6.45) is 9.38. The molecule has 8 nitrogen and oxygen atoms in total. The summed E-state index contributed by atoms with van der Waals surface area (Å²) >= 11 is 1.94. The maximum Gasteiger partial charge on any atom is 0.293 e. The zero-order valence-corrected chi connectivity index (χ0v) is 22.9. The van der Waals surface area contributed by atoms with Crippen LogP contribution in [0, 0.1) is 10.1 Å². The molecule has 11 heteroatoms. The lowest BCUT2D eigenvalue weighted by Crippen LogP contribution is -2.45. The van der Waals surface area contributed by atoms with E-state index in [-0.39, 0.29) is 29.5 Å². The number of hydrogen-bond acceptors (Lipinski definition) is 7. The van der Waals surface area contributed by atoms with Gasteiger partial charge in [0.05, 0.1) is 9.82 Å². The number of nitro benzene ring substituents is 1. The third-order valence-corrected chi connectivity index (χ3v) is 9.58. The van der Waals surface area contributed by atoms with Crippen molar-refractivity contribution in [2.75, 3.05) is 31.7 Å². The summed E-state index contributed by atoms with van der Waals surface area (Å²) in [6, 6.07) is 4.28. The Morgan fingerprint density at radius 3 is 2.53 bits per heavy atom. The number of nitrogens with one attached hydrogen (secondary N) is 2. The van der Waals surface area contributed by atoms with Gasteiger partial charge in [0, 0.05) is 23.1 Å². The molecule has 2 aliphatic carbocycles. The quantitative estimate of drug-likeness (QED) is 0.276. The minimum Gasteiger partial charge on any atom is -0.376 e. The lowest BCUT2D eigenvalue weighted by molar-refractivity contribution is -0.384. The molecule has 3 rings (SSSR count). The van der Waals surface area contributed by atoms with Gasteiger partial charge in [-0.15, -0.1) is 0 Å². The maximum atomic E-state index is 14.9. The van der Waals surface area contributed by atoms with E-state index in [1.807, 2.05) is 25.9 Å². The van der Waals surface area contributed by atoms with Crippen molar-refractivity contribution >= 4 is 40.0 Å². The van der Waals surface area contributed by atoms with Crippen molar-refractivity contribution in [3.8, 4) is 0 Å². The van der Waals surface area contributed by atoms with Crippen LogP contribution in [-0.2, 0) is 15.8 Å². The smallest absolute Gasteiger partial charge is 0.293 e. The number of benzene rings is 1. The van der Waals surface area contributed by atoms with Crippen LogP contribution in [0.15, 0.2) is 23.1 Å². The Balaban J connectivity index is 1.70. The lowest BCUT2D eigenvalue weighted by Gasteiger charge is -2.27. The number of anilines is 1. The summed E-state index contributed by atoms with van der Waals surface area (Å²) in [7, 11) is 1.91. The van der Waals surface area contributed by atoms with Crippen LogP contribution < -0.4 is 10.0 Å². The standard InChI is InChI=1S/C25H39FN4O4S2/c1-29(2)16-13-19(18-35-20-9-5-3-6-10-20)27-22-12-11-21(17-23(22)30(32)33)36(34)28-24(31)25(26)14-7-4-8-15-25/h11-12,17,19-20,27H,3-10,13-16,18H2,1-2H3,(H,28,31)/t19-,36?/m1/s1. The number of halogens is 1. The van der Waals surface area contributed by atoms with Crippen LogP contribution in [0.4, 0.5) is 15.8 Å². The Morgan fingerprint density at radius 1 is 1.22 bits per heavy atom. The van der Waals surface area contributed by atoms with Crippen LogP contribution in [0.5, 0.6) is 0 Å². The summed E-state index contributed by atoms with van der Waals surface area (Å²) in [5.74, 6) is -0.0632. The average molecular weight is 543 g/mol. The molecule has 0 spiro atoms. The molecule has 2 fully saturated rings. The van der Waals surface area contributed by atoms with Gasteiger partial charge in [0.15, 0.2) is 16.7 Å². The molecule has 0 radical (unpaired) electrons. The molecule has 1 amide bonds. The van der Waals surface area contributed by atoms with Crippen molar-refractivity contribution < 1.29 is 18.3 Å². The van der Waals surface area contributed by atoms with E-state index >= 15 is 0 Å². The predicted molar refractivity (Wildman–Crippen MR) is 144 cm³/mol. The van der Waals surface area contributed by atoms with E-state index in [1.165, 1.54) is 50.3 Å². The first-order chi connectivity index (χ1) is 17.2. The fourth-order valence-electron chi connectivity index (χ4n) is 4.79. The minimum atomic E-state index is -2.09. The second kappa shape index (κ2) is 13.7. The van der Waals surface area contributed by atoms with Gasteiger partial charge < -0.3 is 10.2 Å². The number of nitrogens with zero attached hydrogens (tertiary/aromatic N) is 2. The molecule has 1 aromatic carbocycles. The van der Waals surface area contributed by atoms with E-state index in [4.69, 9.17) is 0 Å². The van der Waals surface area contributed by atoms with Crippen molar-refractivity contribution in [3.63, 3.8) is 0 Å². The van der Waals surface area contributed by atoms with Crippen molar-refractivity contribution in [2.24, 2.45) is 0 Å². The highest BCUT2D eigenvalue weighted by molar-refractivity contribution is 7.99. The monoisotopic (exact) mass is 542 g/mol. The molecular formula is C25H39FN4O4S2. The largest absolute Gasteiger partial charge is 0.376 e. The molecule has 36 heavy (non-hydrogen) atoms. The molecule has 2 aliphatic rings. The van der Waals surface area contributed by atoms with Crippen molar-refractivity contribution in [1.29, 1.82) is 0 Å². The van der Waals surface area contributed by atoms with Crippen molar-refractivity contribution in [1.82, 2.24) is 9.62 Å². The van der Waals surface area contributed by atoms with E-state index in [9.17, 15) is 23.5 Å². The second-order valence-electron chi connectivity index (χ2n) is 10.2. The van der Waals surface area contributed by atoms with Crippen LogP contribution in [0.2, 0.25) is 0 Å². The number of hydrogen-bond donors (Lipinski definition) is 2. The van der Waals surface area contributed by atoms with Crippen LogP contribution in [0.1, 0.15) is 70.6 Å². The Morgan fingerprint density at radius 2 is 1.89 bits per heavy atom. The molecule has 0 heterocycles. The summed E-state index contributed by atoms with van der Waals surface area (Å²) < 4.78 is 29.9. The molecule has 2 saturated carbocycles. The highest BCUT2D eigenvalue weighted by atomic mass is 32.2. The predicted octanol–water partition coefficient (Wildman–Crippen LogP) is 5.20. The summed E-state index contributed by atoms with van der Waals surface area (Å²) in [5, 5.41) is 15.9. The minimum absolute atomic E-state index is 0.0341. The number of thioether (sulfide) groups is 1. The number of amides is 1. The third kappa shape index (κ3) is 8.41. The normalized spacial score (nSPS) is 20.0. The first kappa shape index (κ1) is 28.8. The van der Waals surface area contributed by atoms with Gasteiger partial charge in [-0.3, -0.25) is 19.6 Å². The topological polar surface area (TPSA) is 105 Å². The van der Waals surface area contributed by atoms with Crippen LogP contribution >= 0.6 is 11.8 Å². The zero-order valence-electron chi connectivity index (χ0n) is 21.3. The maximum absolute atomic E-state index is 14.9. The number of rotatable bonds is 12. The van der Waals surface area contributed by atoms with E-state index in [2.05, 4.69) is 14.9 Å². The Kier molecular flexibility index (Phi) is 11.0. The molecule has 1 unspecified atom stereocenters. The Bertz CT molecular complexity index is 921. The number of nitro groups is 1. The van der Waals surface area contributed by atoms with Gasteiger partial charge in [-0.1, -0.05) is 25.7 Å². The van der Waals surface area contributed by atoms with E-state index in [0.29, 0.717) is 23.8 Å². The molecule has 0 bridgehead atoms. The van der Waals surface area contributed by atoms with Gasteiger partial charge >= 0.3 is 0 Å².